The number of thioether (sulfide) groups is 1. The molecule has 3 aromatic rings. The summed E-state index contributed by atoms with van der Waals surface area (Å²) in [5.74, 6) is -0.160. The van der Waals surface area contributed by atoms with E-state index >= 15 is 0 Å². The number of aryl methyl sites for hydroxylation is 1. The highest BCUT2D eigenvalue weighted by atomic mass is 32.2. The van der Waals surface area contributed by atoms with Crippen molar-refractivity contribution in [2.45, 2.75) is 30.6 Å². The van der Waals surface area contributed by atoms with E-state index in [-0.39, 0.29) is 23.5 Å². The summed E-state index contributed by atoms with van der Waals surface area (Å²) < 4.78 is 13.7. The molecule has 0 saturated carbocycles. The Balaban J connectivity index is 1.48. The monoisotopic (exact) mass is 416 g/mol. The predicted molar refractivity (Wildman–Crippen MR) is 113 cm³/mol. The van der Waals surface area contributed by atoms with Crippen LogP contribution in [0.1, 0.15) is 31.0 Å². The van der Waals surface area contributed by atoms with Gasteiger partial charge in [-0.1, -0.05) is 54.3 Å². The van der Waals surface area contributed by atoms with E-state index in [9.17, 15) is 9.18 Å². The van der Waals surface area contributed by atoms with Crippen molar-refractivity contribution in [3.05, 3.63) is 65.5 Å². The zero-order chi connectivity index (χ0) is 19.9. The smallest absolute Gasteiger partial charge is 0.230 e. The Bertz CT molecular complexity index is 913. The van der Waals surface area contributed by atoms with Gasteiger partial charge in [-0.25, -0.2) is 4.39 Å². The van der Waals surface area contributed by atoms with Gasteiger partial charge >= 0.3 is 0 Å². The minimum absolute atomic E-state index is 0.110. The summed E-state index contributed by atoms with van der Waals surface area (Å²) in [4.78, 5) is 12.2. The SMILES string of the molecule is CCc1ccc(Nc2nnc(SCC(=O)N[C@@H](C)c3ccc(F)cc3)s2)cc1. The van der Waals surface area contributed by atoms with Gasteiger partial charge < -0.3 is 10.6 Å². The van der Waals surface area contributed by atoms with Gasteiger partial charge in [0.05, 0.1) is 11.8 Å². The molecule has 1 heterocycles. The Hall–Kier alpha value is -2.45. The average molecular weight is 417 g/mol. The lowest BCUT2D eigenvalue weighted by Gasteiger charge is -2.13. The van der Waals surface area contributed by atoms with E-state index in [0.29, 0.717) is 5.13 Å². The van der Waals surface area contributed by atoms with Gasteiger partial charge in [-0.15, -0.1) is 10.2 Å². The fraction of sp³-hybridized carbons (Fsp3) is 0.250. The third-order valence-electron chi connectivity index (χ3n) is 4.09. The molecule has 0 spiro atoms. The third-order valence-corrected chi connectivity index (χ3v) is 6.07. The van der Waals surface area contributed by atoms with Crippen molar-refractivity contribution < 1.29 is 9.18 Å². The molecule has 0 saturated heterocycles. The second kappa shape index (κ2) is 9.66. The summed E-state index contributed by atoms with van der Waals surface area (Å²) in [6.07, 6.45) is 1.00. The van der Waals surface area contributed by atoms with Crippen molar-refractivity contribution in [2.75, 3.05) is 11.1 Å². The molecule has 0 bridgehead atoms. The van der Waals surface area contributed by atoms with Crippen molar-refractivity contribution >= 4 is 39.8 Å². The van der Waals surface area contributed by atoms with Crippen molar-refractivity contribution in [2.24, 2.45) is 0 Å². The number of hydrogen-bond donors (Lipinski definition) is 2. The predicted octanol–water partition coefficient (Wildman–Crippen LogP) is 4.95. The first-order valence-electron chi connectivity index (χ1n) is 8.90. The summed E-state index contributed by atoms with van der Waals surface area (Å²) in [5.41, 5.74) is 3.09. The maximum Gasteiger partial charge on any atom is 0.230 e. The first-order chi connectivity index (χ1) is 13.5. The molecule has 3 rings (SSSR count). The van der Waals surface area contributed by atoms with Crippen molar-refractivity contribution in [1.82, 2.24) is 15.5 Å². The van der Waals surface area contributed by atoms with Crippen LogP contribution in [0.4, 0.5) is 15.2 Å². The summed E-state index contributed by atoms with van der Waals surface area (Å²) in [7, 11) is 0. The van der Waals surface area contributed by atoms with Crippen LogP contribution in [-0.4, -0.2) is 21.9 Å². The Labute approximate surface area is 171 Å². The van der Waals surface area contributed by atoms with E-state index < -0.39 is 0 Å². The minimum Gasteiger partial charge on any atom is -0.349 e. The average Bonchev–Trinajstić information content (AvgIpc) is 3.15. The van der Waals surface area contributed by atoms with Crippen LogP contribution in [0.3, 0.4) is 0 Å². The summed E-state index contributed by atoms with van der Waals surface area (Å²) in [5, 5.41) is 15.0. The molecule has 0 aliphatic rings. The highest BCUT2D eigenvalue weighted by Crippen LogP contribution is 2.27. The summed E-state index contributed by atoms with van der Waals surface area (Å²) in [6, 6.07) is 14.1. The molecule has 146 valence electrons. The molecule has 8 heteroatoms. The Kier molecular flexibility index (Phi) is 7.00. The van der Waals surface area contributed by atoms with E-state index in [4.69, 9.17) is 0 Å². The van der Waals surface area contributed by atoms with E-state index in [1.54, 1.807) is 12.1 Å². The highest BCUT2D eigenvalue weighted by Gasteiger charge is 2.12. The van der Waals surface area contributed by atoms with Gasteiger partial charge in [-0.2, -0.15) is 0 Å². The molecule has 0 radical (unpaired) electrons. The molecule has 5 nitrogen and oxygen atoms in total. The molecule has 0 aliphatic carbocycles. The molecular formula is C20H21FN4OS2. The number of carbonyl (C=O) groups excluding carboxylic acids is 1. The number of nitrogens with zero attached hydrogens (tertiary/aromatic N) is 2. The Morgan fingerprint density at radius 1 is 1.14 bits per heavy atom. The van der Waals surface area contributed by atoms with Crippen molar-refractivity contribution in [3.8, 4) is 0 Å². The molecule has 28 heavy (non-hydrogen) atoms. The van der Waals surface area contributed by atoms with Crippen molar-refractivity contribution in [1.29, 1.82) is 0 Å². The number of benzene rings is 2. The van der Waals surface area contributed by atoms with Gasteiger partial charge in [0.2, 0.25) is 11.0 Å². The number of carbonyl (C=O) groups is 1. The number of aromatic nitrogens is 2. The van der Waals surface area contributed by atoms with Gasteiger partial charge in [-0.3, -0.25) is 4.79 Å². The molecule has 0 fully saturated rings. The van der Waals surface area contributed by atoms with Crippen LogP contribution in [0.2, 0.25) is 0 Å². The number of anilines is 2. The minimum atomic E-state index is -0.292. The lowest BCUT2D eigenvalue weighted by atomic mass is 10.1. The number of halogens is 1. The van der Waals surface area contributed by atoms with Gasteiger partial charge in [0.1, 0.15) is 5.82 Å². The molecule has 1 atom stereocenters. The molecule has 1 aromatic heterocycles. The first kappa shape index (κ1) is 20.3. The van der Waals surface area contributed by atoms with Crippen LogP contribution in [0, 0.1) is 5.82 Å². The maximum atomic E-state index is 13.0. The lowest BCUT2D eigenvalue weighted by molar-refractivity contribution is -0.119. The van der Waals surface area contributed by atoms with Crippen LogP contribution in [0.25, 0.3) is 0 Å². The standard InChI is InChI=1S/C20H21FN4OS2/c1-3-14-4-10-17(11-5-14)23-19-24-25-20(28-19)27-12-18(26)22-13(2)15-6-8-16(21)9-7-15/h4-11,13H,3,12H2,1-2H3,(H,22,26)(H,23,24)/t13-/m0/s1. The van der Waals surface area contributed by atoms with Gasteiger partial charge in [0, 0.05) is 5.69 Å². The first-order valence-corrected chi connectivity index (χ1v) is 10.7. The van der Waals surface area contributed by atoms with E-state index in [2.05, 4.69) is 39.9 Å². The Morgan fingerprint density at radius 2 is 1.86 bits per heavy atom. The third kappa shape index (κ3) is 5.77. The molecule has 2 aromatic carbocycles. The molecule has 1 amide bonds. The van der Waals surface area contributed by atoms with Gasteiger partial charge in [0.25, 0.3) is 0 Å². The quantitative estimate of drug-likeness (QED) is 0.509. The lowest BCUT2D eigenvalue weighted by Crippen LogP contribution is -2.28. The number of rotatable bonds is 8. The number of nitrogens with one attached hydrogen (secondary N) is 2. The maximum absolute atomic E-state index is 13.0. The fourth-order valence-corrected chi connectivity index (χ4v) is 4.09. The zero-order valence-corrected chi connectivity index (χ0v) is 17.2. The summed E-state index contributed by atoms with van der Waals surface area (Å²) >= 11 is 2.74. The molecule has 0 aliphatic heterocycles. The van der Waals surface area contributed by atoms with E-state index in [0.717, 1.165) is 22.0 Å². The zero-order valence-electron chi connectivity index (χ0n) is 15.6. The number of hydrogen-bond acceptors (Lipinski definition) is 6. The van der Waals surface area contributed by atoms with E-state index in [1.165, 1.54) is 40.8 Å². The molecule has 0 unspecified atom stereocenters. The van der Waals surface area contributed by atoms with Crippen molar-refractivity contribution in [3.63, 3.8) is 0 Å². The summed E-state index contributed by atoms with van der Waals surface area (Å²) in [6.45, 7) is 3.99. The highest BCUT2D eigenvalue weighted by molar-refractivity contribution is 8.01. The normalized spacial score (nSPS) is 11.8. The second-order valence-corrected chi connectivity index (χ2v) is 8.38. The van der Waals surface area contributed by atoms with Gasteiger partial charge in [0.15, 0.2) is 4.34 Å². The topological polar surface area (TPSA) is 66.9 Å². The molecule has 2 N–H and O–H groups in total. The van der Waals surface area contributed by atoms with Gasteiger partial charge in [-0.05, 0) is 48.7 Å². The fourth-order valence-electron chi connectivity index (χ4n) is 2.51. The van der Waals surface area contributed by atoms with Crippen LogP contribution in [-0.2, 0) is 11.2 Å². The Morgan fingerprint density at radius 3 is 2.54 bits per heavy atom. The van der Waals surface area contributed by atoms with E-state index in [1.807, 2.05) is 19.1 Å². The van der Waals surface area contributed by atoms with Crippen LogP contribution < -0.4 is 10.6 Å². The van der Waals surface area contributed by atoms with Crippen LogP contribution >= 0.6 is 23.1 Å². The molecular weight excluding hydrogens is 395 g/mol. The van der Waals surface area contributed by atoms with Crippen LogP contribution in [0.15, 0.2) is 52.9 Å². The number of amides is 1. The second-order valence-electron chi connectivity index (χ2n) is 6.18. The largest absolute Gasteiger partial charge is 0.349 e. The van der Waals surface area contributed by atoms with Crippen LogP contribution in [0.5, 0.6) is 0 Å².